The van der Waals surface area contributed by atoms with Crippen LogP contribution in [0.25, 0.3) is 0 Å². The zero-order chi connectivity index (χ0) is 22.6. The first kappa shape index (κ1) is 20.7. The number of nitrogens with one attached hydrogen (secondary N) is 1. The van der Waals surface area contributed by atoms with Crippen molar-refractivity contribution in [3.63, 3.8) is 0 Å². The monoisotopic (exact) mass is 441 g/mol. The lowest BCUT2D eigenvalue weighted by molar-refractivity contribution is -0.126. The van der Waals surface area contributed by atoms with Crippen LogP contribution in [-0.4, -0.2) is 37.5 Å². The maximum absolute atomic E-state index is 13.3. The van der Waals surface area contributed by atoms with Crippen LogP contribution in [0.4, 0.5) is 0 Å². The van der Waals surface area contributed by atoms with Crippen molar-refractivity contribution in [3.05, 3.63) is 108 Å². The molecular formula is C25H23N5O3. The van der Waals surface area contributed by atoms with Crippen molar-refractivity contribution in [1.82, 2.24) is 25.0 Å². The third kappa shape index (κ3) is 4.41. The first-order valence-corrected chi connectivity index (χ1v) is 10.8. The fourth-order valence-electron chi connectivity index (χ4n) is 4.19. The van der Waals surface area contributed by atoms with Crippen LogP contribution in [0.2, 0.25) is 0 Å². The van der Waals surface area contributed by atoms with Gasteiger partial charge in [0.25, 0.3) is 5.91 Å². The Morgan fingerprint density at radius 2 is 1.79 bits per heavy atom. The predicted octanol–water partition coefficient (Wildman–Crippen LogP) is 2.80. The summed E-state index contributed by atoms with van der Waals surface area (Å²) in [5.74, 6) is -0.258. The van der Waals surface area contributed by atoms with E-state index in [2.05, 4.69) is 15.4 Å². The van der Waals surface area contributed by atoms with Gasteiger partial charge in [-0.05, 0) is 34.4 Å². The van der Waals surface area contributed by atoms with E-state index in [1.54, 1.807) is 28.0 Å². The summed E-state index contributed by atoms with van der Waals surface area (Å²) in [7, 11) is 0. The molecule has 0 saturated carbocycles. The van der Waals surface area contributed by atoms with Crippen LogP contribution in [0.3, 0.4) is 0 Å². The molecule has 0 radical (unpaired) electrons. The minimum atomic E-state index is -0.625. The number of amides is 2. The number of carbonyl (C=O) groups is 2. The Hall–Kier alpha value is -4.20. The Kier molecular flexibility index (Phi) is 5.72. The summed E-state index contributed by atoms with van der Waals surface area (Å²) in [6.07, 6.45) is 5.07. The molecule has 2 amide bonds. The van der Waals surface area contributed by atoms with Gasteiger partial charge in [-0.2, -0.15) is 5.10 Å². The van der Waals surface area contributed by atoms with E-state index >= 15 is 0 Å². The highest BCUT2D eigenvalue weighted by atomic mass is 16.3. The van der Waals surface area contributed by atoms with E-state index < -0.39 is 6.04 Å². The Balaban J connectivity index is 1.35. The summed E-state index contributed by atoms with van der Waals surface area (Å²) in [5.41, 5.74) is 4.15. The second-order valence-corrected chi connectivity index (χ2v) is 7.98. The van der Waals surface area contributed by atoms with Gasteiger partial charge in [0, 0.05) is 19.5 Å². The molecule has 1 N–H and O–H groups in total. The first-order valence-electron chi connectivity index (χ1n) is 10.8. The molecule has 8 heteroatoms. The van der Waals surface area contributed by atoms with Crippen LogP contribution in [-0.2, 0) is 30.8 Å². The van der Waals surface area contributed by atoms with Crippen molar-refractivity contribution in [1.29, 1.82) is 0 Å². The first-order chi connectivity index (χ1) is 16.2. The van der Waals surface area contributed by atoms with E-state index in [4.69, 9.17) is 4.42 Å². The molecule has 0 fully saturated rings. The second-order valence-electron chi connectivity index (χ2n) is 7.98. The number of rotatable bonds is 6. The number of aromatic nitrogens is 3. The summed E-state index contributed by atoms with van der Waals surface area (Å²) in [4.78, 5) is 32.0. The molecule has 0 spiro atoms. The van der Waals surface area contributed by atoms with E-state index in [-0.39, 0.29) is 17.6 Å². The fourth-order valence-corrected chi connectivity index (χ4v) is 4.19. The topological polar surface area (TPSA) is 93.3 Å². The summed E-state index contributed by atoms with van der Waals surface area (Å²) in [6, 6.07) is 18.5. The molecule has 3 heterocycles. The second kappa shape index (κ2) is 9.12. The summed E-state index contributed by atoms with van der Waals surface area (Å²) < 4.78 is 7.06. The molecule has 2 aromatic heterocycles. The standard InChI is InChI=1S/C25H23N5O3/c31-24(27-13-19-7-2-4-8-20(19)14-29-17-26-16-28-29)22-12-18-6-1-3-9-21(18)15-30(22)25(32)23-10-5-11-33-23/h1-11,16-17,22H,12-15H2,(H,27,31). The van der Waals surface area contributed by atoms with Gasteiger partial charge in [-0.15, -0.1) is 0 Å². The van der Waals surface area contributed by atoms with Gasteiger partial charge in [0.1, 0.15) is 18.7 Å². The lowest BCUT2D eigenvalue weighted by Crippen LogP contribution is -2.52. The quantitative estimate of drug-likeness (QED) is 0.497. The average molecular weight is 441 g/mol. The highest BCUT2D eigenvalue weighted by molar-refractivity contribution is 5.96. The summed E-state index contributed by atoms with van der Waals surface area (Å²) in [6.45, 7) is 1.27. The van der Waals surface area contributed by atoms with Crippen LogP contribution in [0.1, 0.15) is 32.8 Å². The van der Waals surface area contributed by atoms with E-state index in [0.717, 1.165) is 22.3 Å². The van der Waals surface area contributed by atoms with E-state index in [1.165, 1.54) is 12.6 Å². The molecule has 0 aliphatic carbocycles. The van der Waals surface area contributed by atoms with Crippen LogP contribution >= 0.6 is 0 Å². The normalized spacial score (nSPS) is 15.2. The Bertz CT molecular complexity index is 1250. The maximum Gasteiger partial charge on any atom is 0.290 e. The lowest BCUT2D eigenvalue weighted by Gasteiger charge is -2.35. The molecule has 2 aromatic carbocycles. The predicted molar refractivity (Wildman–Crippen MR) is 120 cm³/mol. The smallest absolute Gasteiger partial charge is 0.290 e. The molecule has 1 aliphatic rings. The Morgan fingerprint density at radius 1 is 1.00 bits per heavy atom. The molecular weight excluding hydrogens is 418 g/mol. The van der Waals surface area contributed by atoms with E-state index in [0.29, 0.717) is 26.1 Å². The van der Waals surface area contributed by atoms with Crippen molar-refractivity contribution in [2.45, 2.75) is 32.1 Å². The van der Waals surface area contributed by atoms with Gasteiger partial charge in [-0.3, -0.25) is 9.59 Å². The van der Waals surface area contributed by atoms with Gasteiger partial charge in [0.15, 0.2) is 5.76 Å². The third-order valence-electron chi connectivity index (χ3n) is 5.91. The Morgan fingerprint density at radius 3 is 2.55 bits per heavy atom. The van der Waals surface area contributed by atoms with Crippen LogP contribution in [0.15, 0.2) is 84.0 Å². The third-order valence-corrected chi connectivity index (χ3v) is 5.91. The fraction of sp³-hybridized carbons (Fsp3) is 0.200. The zero-order valence-electron chi connectivity index (χ0n) is 17.9. The van der Waals surface area contributed by atoms with Gasteiger partial charge < -0.3 is 14.6 Å². The van der Waals surface area contributed by atoms with Crippen molar-refractivity contribution >= 4 is 11.8 Å². The van der Waals surface area contributed by atoms with Gasteiger partial charge in [-0.25, -0.2) is 9.67 Å². The summed E-state index contributed by atoms with van der Waals surface area (Å²) >= 11 is 0. The minimum absolute atomic E-state index is 0.194. The maximum atomic E-state index is 13.3. The number of furan rings is 1. The molecule has 33 heavy (non-hydrogen) atoms. The minimum Gasteiger partial charge on any atom is -0.459 e. The number of fused-ring (bicyclic) bond motifs is 1. The number of hydrogen-bond donors (Lipinski definition) is 1. The molecule has 8 nitrogen and oxygen atoms in total. The number of nitrogens with zero attached hydrogens (tertiary/aromatic N) is 4. The number of benzene rings is 2. The van der Waals surface area contributed by atoms with Crippen LogP contribution in [0, 0.1) is 0 Å². The van der Waals surface area contributed by atoms with Crippen molar-refractivity contribution in [3.8, 4) is 0 Å². The highest BCUT2D eigenvalue weighted by Gasteiger charge is 2.35. The van der Waals surface area contributed by atoms with Gasteiger partial charge in [0.2, 0.25) is 5.91 Å². The molecule has 1 atom stereocenters. The largest absolute Gasteiger partial charge is 0.459 e. The van der Waals surface area contributed by atoms with Gasteiger partial charge >= 0.3 is 0 Å². The molecule has 1 unspecified atom stereocenters. The molecule has 166 valence electrons. The Labute approximate surface area is 190 Å². The van der Waals surface area contributed by atoms with Crippen molar-refractivity contribution < 1.29 is 14.0 Å². The molecule has 5 rings (SSSR count). The van der Waals surface area contributed by atoms with Crippen molar-refractivity contribution in [2.24, 2.45) is 0 Å². The SMILES string of the molecule is O=C(NCc1ccccc1Cn1cncn1)C1Cc2ccccc2CN1C(=O)c1ccco1. The van der Waals surface area contributed by atoms with E-state index in [1.807, 2.05) is 48.5 Å². The van der Waals surface area contributed by atoms with Crippen LogP contribution < -0.4 is 5.32 Å². The van der Waals surface area contributed by atoms with Gasteiger partial charge in [-0.1, -0.05) is 48.5 Å². The zero-order valence-corrected chi connectivity index (χ0v) is 17.9. The van der Waals surface area contributed by atoms with Crippen molar-refractivity contribution in [2.75, 3.05) is 0 Å². The molecule has 4 aromatic rings. The molecule has 0 saturated heterocycles. The lowest BCUT2D eigenvalue weighted by atomic mass is 9.93. The average Bonchev–Trinajstić information content (AvgIpc) is 3.57. The molecule has 0 bridgehead atoms. The number of carbonyl (C=O) groups excluding carboxylic acids is 2. The van der Waals surface area contributed by atoms with Crippen LogP contribution in [0.5, 0.6) is 0 Å². The highest BCUT2D eigenvalue weighted by Crippen LogP contribution is 2.25. The number of hydrogen-bond acceptors (Lipinski definition) is 5. The van der Waals surface area contributed by atoms with Gasteiger partial charge in [0.05, 0.1) is 12.8 Å². The summed E-state index contributed by atoms with van der Waals surface area (Å²) in [5, 5.41) is 7.20. The molecule has 1 aliphatic heterocycles. The van der Waals surface area contributed by atoms with E-state index in [9.17, 15) is 9.59 Å².